The van der Waals surface area contributed by atoms with E-state index in [0.29, 0.717) is 18.7 Å². The second kappa shape index (κ2) is 7.77. The van der Waals surface area contributed by atoms with Crippen molar-refractivity contribution in [1.29, 1.82) is 5.26 Å². The first-order chi connectivity index (χ1) is 9.10. The van der Waals surface area contributed by atoms with Crippen molar-refractivity contribution in [3.8, 4) is 6.07 Å². The quantitative estimate of drug-likeness (QED) is 0.805. The van der Waals surface area contributed by atoms with Crippen LogP contribution in [0.1, 0.15) is 5.56 Å². The van der Waals surface area contributed by atoms with Gasteiger partial charge in [0.2, 0.25) is 5.91 Å². The standard InChI is InChI=1S/C13H16BrN3O2/c1-17(9-13(18)16-6-7-19-2)12-5-3-4-11(14)10(12)8-15/h3-5H,6-7,9H2,1-2H3,(H,16,18). The van der Waals surface area contributed by atoms with Crippen LogP contribution in [0, 0.1) is 11.3 Å². The summed E-state index contributed by atoms with van der Waals surface area (Å²) in [6, 6.07) is 7.57. The van der Waals surface area contributed by atoms with Crippen LogP contribution in [0.4, 0.5) is 5.69 Å². The summed E-state index contributed by atoms with van der Waals surface area (Å²) in [4.78, 5) is 13.4. The predicted octanol–water partition coefficient (Wildman–Crippen LogP) is 1.52. The minimum absolute atomic E-state index is 0.108. The molecule has 0 aromatic heterocycles. The number of nitrogens with zero attached hydrogens (tertiary/aromatic N) is 2. The Bertz CT molecular complexity index is 485. The third-order valence-corrected chi connectivity index (χ3v) is 3.18. The van der Waals surface area contributed by atoms with E-state index < -0.39 is 0 Å². The van der Waals surface area contributed by atoms with E-state index in [1.165, 1.54) is 0 Å². The van der Waals surface area contributed by atoms with Crippen LogP contribution in [0.2, 0.25) is 0 Å². The van der Waals surface area contributed by atoms with Gasteiger partial charge < -0.3 is 15.0 Å². The summed E-state index contributed by atoms with van der Waals surface area (Å²) in [5, 5.41) is 11.9. The van der Waals surface area contributed by atoms with Crippen molar-refractivity contribution in [2.24, 2.45) is 0 Å². The molecule has 0 spiro atoms. The Morgan fingerprint density at radius 3 is 2.95 bits per heavy atom. The molecule has 0 fully saturated rings. The highest BCUT2D eigenvalue weighted by Gasteiger charge is 2.12. The second-order valence-corrected chi connectivity index (χ2v) is 4.80. The Labute approximate surface area is 121 Å². The van der Waals surface area contributed by atoms with Crippen LogP contribution in [-0.2, 0) is 9.53 Å². The van der Waals surface area contributed by atoms with Crippen molar-refractivity contribution in [3.05, 3.63) is 28.2 Å². The fraction of sp³-hybridized carbons (Fsp3) is 0.385. The van der Waals surface area contributed by atoms with E-state index in [1.807, 2.05) is 12.1 Å². The van der Waals surface area contributed by atoms with E-state index in [4.69, 9.17) is 10.00 Å². The summed E-state index contributed by atoms with van der Waals surface area (Å²) in [5.74, 6) is -0.108. The van der Waals surface area contributed by atoms with Gasteiger partial charge >= 0.3 is 0 Å². The van der Waals surface area contributed by atoms with Gasteiger partial charge in [-0.15, -0.1) is 0 Å². The monoisotopic (exact) mass is 325 g/mol. The lowest BCUT2D eigenvalue weighted by atomic mass is 10.2. The summed E-state index contributed by atoms with van der Waals surface area (Å²) in [6.45, 7) is 1.15. The van der Waals surface area contributed by atoms with E-state index in [1.54, 1.807) is 25.1 Å². The second-order valence-electron chi connectivity index (χ2n) is 3.94. The Morgan fingerprint density at radius 1 is 1.58 bits per heavy atom. The van der Waals surface area contributed by atoms with Gasteiger partial charge in [0.15, 0.2) is 0 Å². The van der Waals surface area contributed by atoms with Gasteiger partial charge in [0, 0.05) is 25.2 Å². The van der Waals surface area contributed by atoms with Crippen molar-refractivity contribution in [3.63, 3.8) is 0 Å². The number of hydrogen-bond acceptors (Lipinski definition) is 4. The smallest absolute Gasteiger partial charge is 0.239 e. The van der Waals surface area contributed by atoms with Gasteiger partial charge in [-0.3, -0.25) is 4.79 Å². The highest BCUT2D eigenvalue weighted by atomic mass is 79.9. The zero-order valence-corrected chi connectivity index (χ0v) is 12.5. The summed E-state index contributed by atoms with van der Waals surface area (Å²) in [5.41, 5.74) is 1.24. The number of hydrogen-bond donors (Lipinski definition) is 1. The predicted molar refractivity (Wildman–Crippen MR) is 77.0 cm³/mol. The number of methoxy groups -OCH3 is 1. The van der Waals surface area contributed by atoms with Crippen LogP contribution >= 0.6 is 15.9 Å². The van der Waals surface area contributed by atoms with Crippen molar-refractivity contribution in [2.75, 3.05) is 38.8 Å². The lowest BCUT2D eigenvalue weighted by Gasteiger charge is -2.20. The van der Waals surface area contributed by atoms with Crippen molar-refractivity contribution < 1.29 is 9.53 Å². The maximum atomic E-state index is 11.7. The average molecular weight is 326 g/mol. The summed E-state index contributed by atoms with van der Waals surface area (Å²) >= 11 is 3.33. The van der Waals surface area contributed by atoms with E-state index in [-0.39, 0.29) is 12.5 Å². The molecular formula is C13H16BrN3O2. The molecule has 0 bridgehead atoms. The number of amides is 1. The summed E-state index contributed by atoms with van der Waals surface area (Å²) in [6.07, 6.45) is 0. The Kier molecular flexibility index (Phi) is 6.33. The van der Waals surface area contributed by atoms with Crippen LogP contribution in [-0.4, -0.2) is 39.8 Å². The number of carbonyl (C=O) groups excluding carboxylic acids is 1. The van der Waals surface area contributed by atoms with E-state index in [0.717, 1.165) is 10.2 Å². The average Bonchev–Trinajstić information content (AvgIpc) is 2.38. The summed E-state index contributed by atoms with van der Waals surface area (Å²) in [7, 11) is 3.36. The molecular weight excluding hydrogens is 310 g/mol. The number of halogens is 1. The van der Waals surface area contributed by atoms with Gasteiger partial charge in [-0.2, -0.15) is 5.26 Å². The lowest BCUT2D eigenvalue weighted by molar-refractivity contribution is -0.119. The number of carbonyl (C=O) groups is 1. The minimum atomic E-state index is -0.108. The number of nitrogens with one attached hydrogen (secondary N) is 1. The van der Waals surface area contributed by atoms with Gasteiger partial charge in [0.05, 0.1) is 24.4 Å². The molecule has 1 N–H and O–H groups in total. The highest BCUT2D eigenvalue weighted by molar-refractivity contribution is 9.10. The molecule has 0 radical (unpaired) electrons. The van der Waals surface area contributed by atoms with Crippen molar-refractivity contribution in [1.82, 2.24) is 5.32 Å². The molecule has 1 aromatic rings. The molecule has 5 nitrogen and oxygen atoms in total. The fourth-order valence-corrected chi connectivity index (χ4v) is 2.03. The molecule has 0 aliphatic rings. The molecule has 0 aliphatic heterocycles. The van der Waals surface area contributed by atoms with Gasteiger partial charge in [-0.1, -0.05) is 6.07 Å². The van der Waals surface area contributed by atoms with Crippen molar-refractivity contribution in [2.45, 2.75) is 0 Å². The van der Waals surface area contributed by atoms with Gasteiger partial charge in [0.25, 0.3) is 0 Å². The molecule has 0 atom stereocenters. The summed E-state index contributed by atoms with van der Waals surface area (Å²) < 4.78 is 5.58. The number of likely N-dealkylation sites (N-methyl/N-ethyl adjacent to an activating group) is 1. The fourth-order valence-electron chi connectivity index (χ4n) is 1.59. The number of nitriles is 1. The first-order valence-electron chi connectivity index (χ1n) is 5.75. The zero-order chi connectivity index (χ0) is 14.3. The highest BCUT2D eigenvalue weighted by Crippen LogP contribution is 2.26. The van der Waals surface area contributed by atoms with Gasteiger partial charge in [-0.05, 0) is 28.1 Å². The Morgan fingerprint density at radius 2 is 2.32 bits per heavy atom. The maximum Gasteiger partial charge on any atom is 0.239 e. The molecule has 0 saturated heterocycles. The van der Waals surface area contributed by atoms with Crippen molar-refractivity contribution >= 4 is 27.5 Å². The number of benzene rings is 1. The molecule has 1 rings (SSSR count). The topological polar surface area (TPSA) is 65.4 Å². The molecule has 6 heteroatoms. The van der Waals surface area contributed by atoms with Gasteiger partial charge in [0.1, 0.15) is 6.07 Å². The molecule has 0 aliphatic carbocycles. The third-order valence-electron chi connectivity index (χ3n) is 2.52. The first kappa shape index (κ1) is 15.5. The third kappa shape index (κ3) is 4.54. The Balaban J connectivity index is 2.68. The maximum absolute atomic E-state index is 11.7. The minimum Gasteiger partial charge on any atom is -0.383 e. The van der Waals surface area contributed by atoms with E-state index in [9.17, 15) is 4.79 Å². The van der Waals surface area contributed by atoms with Crippen LogP contribution in [0.5, 0.6) is 0 Å². The molecule has 0 heterocycles. The molecule has 1 amide bonds. The van der Waals surface area contributed by atoms with E-state index >= 15 is 0 Å². The molecule has 0 saturated carbocycles. The molecule has 0 unspecified atom stereocenters. The number of ether oxygens (including phenoxy) is 1. The Hall–Kier alpha value is -1.58. The van der Waals surface area contributed by atoms with Gasteiger partial charge in [-0.25, -0.2) is 0 Å². The zero-order valence-electron chi connectivity index (χ0n) is 10.9. The number of anilines is 1. The normalized spacial score (nSPS) is 9.79. The largest absolute Gasteiger partial charge is 0.383 e. The molecule has 1 aromatic carbocycles. The van der Waals surface area contributed by atoms with Crippen LogP contribution in [0.25, 0.3) is 0 Å². The molecule has 19 heavy (non-hydrogen) atoms. The lowest BCUT2D eigenvalue weighted by Crippen LogP contribution is -2.36. The SMILES string of the molecule is COCCNC(=O)CN(C)c1cccc(Br)c1C#N. The van der Waals surface area contributed by atoms with Crippen LogP contribution in [0.3, 0.4) is 0 Å². The van der Waals surface area contributed by atoms with Crippen LogP contribution < -0.4 is 10.2 Å². The number of rotatable bonds is 6. The van der Waals surface area contributed by atoms with Crippen LogP contribution in [0.15, 0.2) is 22.7 Å². The van der Waals surface area contributed by atoms with E-state index in [2.05, 4.69) is 27.3 Å². The molecule has 102 valence electrons. The first-order valence-corrected chi connectivity index (χ1v) is 6.54.